The molecule has 2 aromatic carbocycles. The van der Waals surface area contributed by atoms with E-state index in [-0.39, 0.29) is 10.8 Å². The molecule has 3 aromatic rings. The van der Waals surface area contributed by atoms with E-state index in [0.717, 1.165) is 30.8 Å². The summed E-state index contributed by atoms with van der Waals surface area (Å²) in [6.45, 7) is 5.46. The first kappa shape index (κ1) is 22.9. The molecule has 1 aromatic heterocycles. The molecule has 1 fully saturated rings. The Morgan fingerprint density at radius 1 is 1.00 bits per heavy atom. The van der Waals surface area contributed by atoms with Gasteiger partial charge in [-0.15, -0.1) is 0 Å². The molecule has 1 aliphatic heterocycles. The Morgan fingerprint density at radius 3 is 2.39 bits per heavy atom. The van der Waals surface area contributed by atoms with Gasteiger partial charge in [-0.05, 0) is 48.9 Å². The lowest BCUT2D eigenvalue weighted by Gasteiger charge is -2.34. The van der Waals surface area contributed by atoms with E-state index in [2.05, 4.69) is 9.88 Å². The summed E-state index contributed by atoms with van der Waals surface area (Å²) in [7, 11) is -2.26. The van der Waals surface area contributed by atoms with Gasteiger partial charge >= 0.3 is 0 Å². The number of carbonyl (C=O) groups excluding carboxylic acids is 1. The van der Waals surface area contributed by atoms with Crippen LogP contribution >= 0.6 is 0 Å². The molecule has 0 unspecified atom stereocenters. The molecule has 0 aliphatic carbocycles. The summed E-state index contributed by atoms with van der Waals surface area (Å²) in [5.41, 5.74) is 3.15. The van der Waals surface area contributed by atoms with Crippen molar-refractivity contribution in [2.24, 2.45) is 0 Å². The van der Waals surface area contributed by atoms with Crippen molar-refractivity contribution in [1.82, 2.24) is 14.8 Å². The molecule has 0 radical (unpaired) electrons. The van der Waals surface area contributed by atoms with Gasteiger partial charge in [0, 0.05) is 57.7 Å². The fourth-order valence-corrected chi connectivity index (χ4v) is 5.12. The number of piperazine rings is 1. The normalized spacial score (nSPS) is 14.8. The molecule has 172 valence electrons. The average Bonchev–Trinajstić information content (AvgIpc) is 2.85. The third kappa shape index (κ3) is 5.23. The minimum Gasteiger partial charge on any atom is -0.336 e. The van der Waals surface area contributed by atoms with Crippen molar-refractivity contribution in [1.29, 1.82) is 0 Å². The van der Waals surface area contributed by atoms with Gasteiger partial charge in [-0.1, -0.05) is 29.8 Å². The molecule has 0 spiro atoms. The molecule has 2 heterocycles. The van der Waals surface area contributed by atoms with E-state index in [1.807, 2.05) is 37.4 Å². The number of amides is 1. The smallest absolute Gasteiger partial charge is 0.264 e. The third-order valence-electron chi connectivity index (χ3n) is 5.93. The number of hydrogen-bond donors (Lipinski definition) is 0. The number of aryl methyl sites for hydroxylation is 1. The van der Waals surface area contributed by atoms with Gasteiger partial charge in [0.05, 0.1) is 10.6 Å². The number of aromatic nitrogens is 1. The minimum absolute atomic E-state index is 0.103. The van der Waals surface area contributed by atoms with Crippen LogP contribution in [0.4, 0.5) is 5.69 Å². The first-order valence-corrected chi connectivity index (χ1v) is 12.3. The number of rotatable bonds is 6. The summed E-state index contributed by atoms with van der Waals surface area (Å²) in [4.78, 5) is 21.4. The molecule has 0 bridgehead atoms. The number of benzene rings is 2. The zero-order chi connectivity index (χ0) is 23.4. The topological polar surface area (TPSA) is 73.8 Å². The largest absolute Gasteiger partial charge is 0.336 e. The number of hydrogen-bond acceptors (Lipinski definition) is 5. The molecular weight excluding hydrogens is 436 g/mol. The highest BCUT2D eigenvalue weighted by atomic mass is 32.2. The van der Waals surface area contributed by atoms with E-state index >= 15 is 0 Å². The summed E-state index contributed by atoms with van der Waals surface area (Å²) >= 11 is 0. The van der Waals surface area contributed by atoms with Crippen LogP contribution in [0.3, 0.4) is 0 Å². The predicted molar refractivity (Wildman–Crippen MR) is 129 cm³/mol. The lowest BCUT2D eigenvalue weighted by molar-refractivity contribution is 0.0628. The van der Waals surface area contributed by atoms with Crippen LogP contribution in [0, 0.1) is 6.92 Å². The Bertz CT molecular complexity index is 1210. The van der Waals surface area contributed by atoms with Gasteiger partial charge < -0.3 is 4.90 Å². The van der Waals surface area contributed by atoms with Gasteiger partial charge in [-0.3, -0.25) is 19.0 Å². The molecular formula is C25H28N4O3S. The standard InChI is InChI=1S/C25H28N4O3S/c1-20-8-10-23(11-9-20)27(2)33(31,32)24-7-3-6-22(17-24)25(30)29-15-13-28(14-16-29)19-21-5-4-12-26-18-21/h3-12,17-18H,13-16,19H2,1-2H3. The second-order valence-corrected chi connectivity index (χ2v) is 10.2. The summed E-state index contributed by atoms with van der Waals surface area (Å²) in [5.74, 6) is -0.147. The van der Waals surface area contributed by atoms with Crippen LogP contribution in [0.2, 0.25) is 0 Å². The van der Waals surface area contributed by atoms with E-state index in [9.17, 15) is 13.2 Å². The molecule has 4 rings (SSSR count). The zero-order valence-electron chi connectivity index (χ0n) is 18.9. The van der Waals surface area contributed by atoms with Crippen molar-refractivity contribution in [3.05, 3.63) is 89.7 Å². The van der Waals surface area contributed by atoms with Crippen molar-refractivity contribution in [3.63, 3.8) is 0 Å². The summed E-state index contributed by atoms with van der Waals surface area (Å²) < 4.78 is 27.6. The fraction of sp³-hybridized carbons (Fsp3) is 0.280. The number of sulfonamides is 1. The van der Waals surface area contributed by atoms with Crippen molar-refractivity contribution in [3.8, 4) is 0 Å². The first-order valence-electron chi connectivity index (χ1n) is 10.9. The Morgan fingerprint density at radius 2 is 1.73 bits per heavy atom. The SMILES string of the molecule is Cc1ccc(N(C)S(=O)(=O)c2cccc(C(=O)N3CCN(Cc4cccnc4)CC3)c2)cc1. The molecule has 1 aliphatic rings. The highest BCUT2D eigenvalue weighted by Gasteiger charge is 2.25. The Labute approximate surface area is 195 Å². The Balaban J connectivity index is 1.44. The van der Waals surface area contributed by atoms with E-state index in [4.69, 9.17) is 0 Å². The maximum atomic E-state index is 13.2. The third-order valence-corrected chi connectivity index (χ3v) is 7.71. The fourth-order valence-electron chi connectivity index (χ4n) is 3.88. The second kappa shape index (κ2) is 9.72. The lowest BCUT2D eigenvalue weighted by atomic mass is 10.1. The van der Waals surface area contributed by atoms with Gasteiger partial charge in [-0.25, -0.2) is 8.42 Å². The molecule has 1 saturated heterocycles. The molecule has 0 atom stereocenters. The van der Waals surface area contributed by atoms with Crippen molar-refractivity contribution < 1.29 is 13.2 Å². The van der Waals surface area contributed by atoms with Crippen LogP contribution in [0.1, 0.15) is 21.5 Å². The van der Waals surface area contributed by atoms with E-state index in [1.165, 1.54) is 23.5 Å². The maximum Gasteiger partial charge on any atom is 0.264 e. The zero-order valence-corrected chi connectivity index (χ0v) is 19.7. The highest BCUT2D eigenvalue weighted by molar-refractivity contribution is 7.92. The Hall–Kier alpha value is -3.23. The van der Waals surface area contributed by atoms with E-state index in [0.29, 0.717) is 24.3 Å². The molecule has 0 saturated carbocycles. The highest BCUT2D eigenvalue weighted by Crippen LogP contribution is 2.23. The maximum absolute atomic E-state index is 13.2. The molecule has 1 amide bonds. The van der Waals surface area contributed by atoms with Gasteiger partial charge in [0.2, 0.25) is 0 Å². The number of anilines is 1. The number of nitrogens with zero attached hydrogens (tertiary/aromatic N) is 4. The quantitative estimate of drug-likeness (QED) is 0.560. The van der Waals surface area contributed by atoms with Crippen molar-refractivity contribution >= 4 is 21.6 Å². The van der Waals surface area contributed by atoms with Crippen LogP contribution in [-0.2, 0) is 16.6 Å². The Kier molecular flexibility index (Phi) is 6.76. The first-order chi connectivity index (χ1) is 15.8. The van der Waals surface area contributed by atoms with Crippen molar-refractivity contribution in [2.45, 2.75) is 18.4 Å². The lowest BCUT2D eigenvalue weighted by Crippen LogP contribution is -2.48. The van der Waals surface area contributed by atoms with Crippen LogP contribution in [-0.4, -0.2) is 62.3 Å². The monoisotopic (exact) mass is 464 g/mol. The predicted octanol–water partition coefficient (Wildman–Crippen LogP) is 3.17. The molecule has 7 nitrogen and oxygen atoms in total. The summed E-state index contributed by atoms with van der Waals surface area (Å²) in [6.07, 6.45) is 3.62. The van der Waals surface area contributed by atoms with E-state index in [1.54, 1.807) is 35.4 Å². The van der Waals surface area contributed by atoms with Crippen LogP contribution in [0.15, 0.2) is 78.0 Å². The molecule has 0 N–H and O–H groups in total. The second-order valence-electron chi connectivity index (χ2n) is 8.27. The summed E-state index contributed by atoms with van der Waals surface area (Å²) in [6, 6.07) is 17.6. The van der Waals surface area contributed by atoms with Crippen molar-refractivity contribution in [2.75, 3.05) is 37.5 Å². The van der Waals surface area contributed by atoms with E-state index < -0.39 is 10.0 Å². The average molecular weight is 465 g/mol. The van der Waals surface area contributed by atoms with Crippen LogP contribution in [0.5, 0.6) is 0 Å². The van der Waals surface area contributed by atoms with Crippen LogP contribution < -0.4 is 4.31 Å². The van der Waals surface area contributed by atoms with Gasteiger partial charge in [-0.2, -0.15) is 0 Å². The van der Waals surface area contributed by atoms with Gasteiger partial charge in [0.1, 0.15) is 0 Å². The van der Waals surface area contributed by atoms with Gasteiger partial charge in [0.25, 0.3) is 15.9 Å². The number of pyridine rings is 1. The number of carbonyl (C=O) groups is 1. The van der Waals surface area contributed by atoms with Gasteiger partial charge in [0.15, 0.2) is 0 Å². The molecule has 8 heteroatoms. The van der Waals surface area contributed by atoms with Crippen LogP contribution in [0.25, 0.3) is 0 Å². The minimum atomic E-state index is -3.79. The molecule has 33 heavy (non-hydrogen) atoms. The summed E-state index contributed by atoms with van der Waals surface area (Å²) in [5, 5.41) is 0.